The summed E-state index contributed by atoms with van der Waals surface area (Å²) in [4.78, 5) is 48.1. The molecule has 0 bridgehead atoms. The average Bonchev–Trinajstić information content (AvgIpc) is 3.15. The SMILES string of the molecule is CC.CC.CC.NCCOCCOCCN.O=C1CCC(N2C(=O)c3ccccc3C2=O)C(=O)N1. The van der Waals surface area contributed by atoms with Gasteiger partial charge in [0.1, 0.15) is 6.04 Å². The molecule has 0 radical (unpaired) electrons. The van der Waals surface area contributed by atoms with Gasteiger partial charge in [-0.25, -0.2) is 0 Å². The lowest BCUT2D eigenvalue weighted by molar-refractivity contribution is -0.136. The highest BCUT2D eigenvalue weighted by molar-refractivity contribution is 6.23. The molecule has 10 nitrogen and oxygen atoms in total. The summed E-state index contributed by atoms with van der Waals surface area (Å²) in [5.41, 5.74) is 11.0. The number of carbonyl (C=O) groups excluding carboxylic acids is 4. The zero-order valence-electron chi connectivity index (χ0n) is 22.1. The van der Waals surface area contributed by atoms with Crippen molar-refractivity contribution in [1.82, 2.24) is 10.2 Å². The van der Waals surface area contributed by atoms with E-state index in [2.05, 4.69) is 5.32 Å². The first kappa shape index (κ1) is 34.5. The number of nitrogens with zero attached hydrogens (tertiary/aromatic N) is 1. The van der Waals surface area contributed by atoms with E-state index in [1.54, 1.807) is 24.3 Å². The predicted molar refractivity (Wildman–Crippen MR) is 137 cm³/mol. The third-order valence-electron chi connectivity index (χ3n) is 4.24. The lowest BCUT2D eigenvalue weighted by atomic mass is 10.0. The first-order chi connectivity index (χ1) is 17.0. The quantitative estimate of drug-likeness (QED) is 0.365. The largest absolute Gasteiger partial charge is 0.378 e. The van der Waals surface area contributed by atoms with Crippen molar-refractivity contribution in [3.8, 4) is 0 Å². The highest BCUT2D eigenvalue weighted by Crippen LogP contribution is 2.26. The van der Waals surface area contributed by atoms with E-state index in [-0.39, 0.29) is 18.7 Å². The summed E-state index contributed by atoms with van der Waals surface area (Å²) in [6.07, 6.45) is 0.306. The van der Waals surface area contributed by atoms with Gasteiger partial charge in [0.25, 0.3) is 11.8 Å². The van der Waals surface area contributed by atoms with Crippen LogP contribution in [0.1, 0.15) is 75.1 Å². The van der Waals surface area contributed by atoms with Gasteiger partial charge in [-0.15, -0.1) is 0 Å². The van der Waals surface area contributed by atoms with Crippen LogP contribution in [0, 0.1) is 0 Å². The summed E-state index contributed by atoms with van der Waals surface area (Å²) in [5, 5.41) is 2.15. The molecule has 1 saturated heterocycles. The first-order valence-corrected chi connectivity index (χ1v) is 12.4. The Labute approximate surface area is 209 Å². The van der Waals surface area contributed by atoms with Gasteiger partial charge in [-0.1, -0.05) is 53.7 Å². The summed E-state index contributed by atoms with van der Waals surface area (Å²) in [5.74, 6) is -1.92. The number of nitrogens with one attached hydrogen (secondary N) is 1. The van der Waals surface area contributed by atoms with Crippen molar-refractivity contribution < 1.29 is 28.7 Å². The van der Waals surface area contributed by atoms with E-state index in [4.69, 9.17) is 20.9 Å². The number of piperidine rings is 1. The molecule has 4 amide bonds. The Morgan fingerprint density at radius 1 is 0.800 bits per heavy atom. The molecule has 3 rings (SSSR count). The van der Waals surface area contributed by atoms with Gasteiger partial charge < -0.3 is 20.9 Å². The number of fused-ring (bicyclic) bond motifs is 1. The maximum absolute atomic E-state index is 12.2. The van der Waals surface area contributed by atoms with Crippen LogP contribution in [0.15, 0.2) is 24.3 Å². The van der Waals surface area contributed by atoms with Gasteiger partial charge in [0.2, 0.25) is 11.8 Å². The third-order valence-corrected chi connectivity index (χ3v) is 4.24. The summed E-state index contributed by atoms with van der Waals surface area (Å²) in [6.45, 7) is 15.6. The summed E-state index contributed by atoms with van der Waals surface area (Å²) < 4.78 is 10.1. The molecule has 1 unspecified atom stereocenters. The highest BCUT2D eigenvalue weighted by Gasteiger charge is 2.44. The summed E-state index contributed by atoms with van der Waals surface area (Å²) in [7, 11) is 0. The Kier molecular flexibility index (Phi) is 21.5. The fourth-order valence-electron chi connectivity index (χ4n) is 2.91. The van der Waals surface area contributed by atoms with E-state index in [9.17, 15) is 19.2 Å². The van der Waals surface area contributed by atoms with Crippen molar-refractivity contribution >= 4 is 23.6 Å². The molecule has 0 saturated carbocycles. The lowest BCUT2D eigenvalue weighted by Crippen LogP contribution is -2.54. The van der Waals surface area contributed by atoms with Crippen LogP contribution < -0.4 is 16.8 Å². The molecule has 10 heteroatoms. The normalized spacial score (nSPS) is 15.7. The minimum Gasteiger partial charge on any atom is -0.378 e. The van der Waals surface area contributed by atoms with Crippen molar-refractivity contribution in [2.45, 2.75) is 60.4 Å². The average molecular weight is 497 g/mol. The van der Waals surface area contributed by atoms with Crippen LogP contribution in [-0.4, -0.2) is 74.1 Å². The van der Waals surface area contributed by atoms with Crippen LogP contribution in [-0.2, 0) is 19.1 Å². The van der Waals surface area contributed by atoms with Crippen LogP contribution in [0.5, 0.6) is 0 Å². The Balaban J connectivity index is 0. The van der Waals surface area contributed by atoms with Gasteiger partial charge in [0.15, 0.2) is 0 Å². The molecule has 1 aromatic carbocycles. The molecule has 200 valence electrons. The third kappa shape index (κ3) is 11.5. The first-order valence-electron chi connectivity index (χ1n) is 12.4. The Morgan fingerprint density at radius 3 is 1.60 bits per heavy atom. The van der Waals surface area contributed by atoms with Gasteiger partial charge in [-0.05, 0) is 18.6 Å². The van der Waals surface area contributed by atoms with E-state index >= 15 is 0 Å². The zero-order valence-corrected chi connectivity index (χ0v) is 22.1. The molecule has 1 aromatic rings. The number of imide groups is 2. The number of nitrogens with two attached hydrogens (primary N) is 2. The molecule has 1 atom stereocenters. The monoisotopic (exact) mass is 496 g/mol. The van der Waals surface area contributed by atoms with Gasteiger partial charge in [-0.2, -0.15) is 0 Å². The minimum absolute atomic E-state index is 0.129. The van der Waals surface area contributed by atoms with Crippen LogP contribution in [0.3, 0.4) is 0 Å². The van der Waals surface area contributed by atoms with E-state index in [1.807, 2.05) is 41.5 Å². The molecular formula is C25H44N4O6. The molecule has 1 fully saturated rings. The van der Waals surface area contributed by atoms with E-state index in [1.165, 1.54) is 0 Å². The molecule has 0 aliphatic carbocycles. The van der Waals surface area contributed by atoms with Crippen molar-refractivity contribution in [3.05, 3.63) is 35.4 Å². The molecule has 5 N–H and O–H groups in total. The van der Waals surface area contributed by atoms with Gasteiger partial charge in [0, 0.05) is 19.5 Å². The van der Waals surface area contributed by atoms with Crippen LogP contribution in [0.4, 0.5) is 0 Å². The molecule has 35 heavy (non-hydrogen) atoms. The molecule has 2 aliphatic heterocycles. The van der Waals surface area contributed by atoms with Crippen molar-refractivity contribution in [2.24, 2.45) is 11.5 Å². The maximum atomic E-state index is 12.2. The second kappa shape index (κ2) is 21.8. The maximum Gasteiger partial charge on any atom is 0.262 e. The lowest BCUT2D eigenvalue weighted by Gasteiger charge is -2.27. The molecule has 0 spiro atoms. The smallest absolute Gasteiger partial charge is 0.262 e. The summed E-state index contributed by atoms with van der Waals surface area (Å²) in [6, 6.07) is 5.55. The molecule has 2 heterocycles. The topological polar surface area (TPSA) is 154 Å². The second-order valence-electron chi connectivity index (χ2n) is 6.29. The number of carbonyl (C=O) groups is 4. The fourth-order valence-corrected chi connectivity index (χ4v) is 2.91. The van der Waals surface area contributed by atoms with Gasteiger partial charge in [0.05, 0.1) is 37.6 Å². The van der Waals surface area contributed by atoms with Crippen molar-refractivity contribution in [1.29, 1.82) is 0 Å². The van der Waals surface area contributed by atoms with Crippen LogP contribution >= 0.6 is 0 Å². The zero-order chi connectivity index (χ0) is 27.2. The number of hydrogen-bond acceptors (Lipinski definition) is 8. The van der Waals surface area contributed by atoms with Crippen LogP contribution in [0.2, 0.25) is 0 Å². The summed E-state index contributed by atoms with van der Waals surface area (Å²) >= 11 is 0. The van der Waals surface area contributed by atoms with Crippen molar-refractivity contribution in [3.63, 3.8) is 0 Å². The highest BCUT2D eigenvalue weighted by atomic mass is 16.5. The molecule has 2 aliphatic rings. The predicted octanol–water partition coefficient (Wildman–Crippen LogP) is 2.10. The Hall–Kier alpha value is -2.66. The van der Waals surface area contributed by atoms with E-state index < -0.39 is 23.8 Å². The Morgan fingerprint density at radius 2 is 1.23 bits per heavy atom. The second-order valence-corrected chi connectivity index (χ2v) is 6.29. The minimum atomic E-state index is -0.898. The number of benzene rings is 1. The van der Waals surface area contributed by atoms with Gasteiger partial charge in [-0.3, -0.25) is 29.4 Å². The molecular weight excluding hydrogens is 452 g/mol. The van der Waals surface area contributed by atoms with E-state index in [0.717, 1.165) is 4.90 Å². The van der Waals surface area contributed by atoms with E-state index in [0.29, 0.717) is 50.6 Å². The van der Waals surface area contributed by atoms with Gasteiger partial charge >= 0.3 is 0 Å². The fraction of sp³-hybridized carbons (Fsp3) is 0.600. The number of hydrogen-bond donors (Lipinski definition) is 3. The van der Waals surface area contributed by atoms with Crippen molar-refractivity contribution in [2.75, 3.05) is 39.5 Å². The van der Waals surface area contributed by atoms with Crippen LogP contribution in [0.25, 0.3) is 0 Å². The number of ether oxygens (including phenoxy) is 2. The molecule has 0 aromatic heterocycles. The standard InChI is InChI=1S/C13H10N2O4.C6H16N2O2.3C2H6/c16-10-6-5-9(11(17)14-10)15-12(18)7-3-1-2-4-8(7)13(15)19;7-1-3-9-5-6-10-4-2-8;3*1-2/h1-4,9H,5-6H2,(H,14,16,17);1-8H2;3*1-2H3. The number of amides is 4. The number of rotatable bonds is 8. The Bertz CT molecular complexity index is 714.